The van der Waals surface area contributed by atoms with Crippen LogP contribution in [-0.2, 0) is 17.8 Å². The highest BCUT2D eigenvalue weighted by molar-refractivity contribution is 6.32. The van der Waals surface area contributed by atoms with E-state index in [9.17, 15) is 11.4 Å². The maximum atomic E-state index is 13.6. The lowest BCUT2D eigenvalue weighted by atomic mass is 10.0. The molecule has 1 N–H and O–H groups in total. The van der Waals surface area contributed by atoms with Gasteiger partial charge >= 0.3 is 0 Å². The number of likely N-dealkylation sites (N-methyl/N-ethyl adjacent to an activating group) is 1. The summed E-state index contributed by atoms with van der Waals surface area (Å²) >= 11 is 6.44. The molecule has 210 valence electrons. The van der Waals surface area contributed by atoms with Crippen molar-refractivity contribution in [2.75, 3.05) is 32.4 Å². The fraction of sp³-hybridized carbons (Fsp3) is 0.250. The van der Waals surface area contributed by atoms with Crippen LogP contribution in [0.15, 0.2) is 66.6 Å². The molecule has 0 fully saturated rings. The van der Waals surface area contributed by atoms with E-state index in [2.05, 4.69) is 15.3 Å². The first-order valence-corrected chi connectivity index (χ1v) is 11.7. The summed E-state index contributed by atoms with van der Waals surface area (Å²) in [7, 11) is 0.747. The molecule has 0 bridgehead atoms. The number of rotatable bonds is 12. The molecule has 4 aromatic rings. The number of pyridine rings is 2. The third-order valence-corrected chi connectivity index (χ3v) is 5.18. The van der Waals surface area contributed by atoms with E-state index in [0.29, 0.717) is 0 Å². The maximum Gasteiger partial charge on any atom is 0.159 e. The number of halogens is 1. The van der Waals surface area contributed by atoms with Crippen molar-refractivity contribution in [1.29, 1.82) is 5.26 Å². The van der Waals surface area contributed by atoms with Gasteiger partial charge in [-0.2, -0.15) is 5.26 Å². The molecule has 0 aliphatic heterocycles. The van der Waals surface area contributed by atoms with Crippen LogP contribution in [0, 0.1) is 18.3 Å². The standard InChI is InChI=1S/C32H32ClN5O3/c1-5-40-31-17-29-27(15-22(31)14-26(39)10-7-13-38(3)4)32(23(18-34)19-35-29)37-24-11-12-30(28(33)16-24)41-20-25-9-6-8-21(2)36-25/h6-12,15-17,19H,5,13-14,20H2,1-4H3,(H,35,37)/b10-7+/i1D3,3D3,5D2,6D,7D,8D,9D,10D,11D,12D,13D2,15D,16D,17D,19D. The highest BCUT2D eigenvalue weighted by Crippen LogP contribution is 2.36. The van der Waals surface area contributed by atoms with E-state index < -0.39 is 156 Å². The molecule has 41 heavy (non-hydrogen) atoms. The smallest absolute Gasteiger partial charge is 0.159 e. The summed E-state index contributed by atoms with van der Waals surface area (Å²) < 4.78 is 182. The van der Waals surface area contributed by atoms with Crippen molar-refractivity contribution in [2.24, 2.45) is 0 Å². The summed E-state index contributed by atoms with van der Waals surface area (Å²) in [5.41, 5.74) is -3.82. The number of aromatic nitrogens is 2. The molecule has 0 aliphatic rings. The van der Waals surface area contributed by atoms with Crippen molar-refractivity contribution in [3.8, 4) is 17.6 Å². The average molecular weight is 591 g/mol. The average Bonchev–Trinajstić information content (AvgIpc) is 3.17. The molecular weight excluding hydrogens is 538 g/mol. The number of hydrogen-bond donors (Lipinski definition) is 1. The molecule has 0 aliphatic carbocycles. The minimum absolute atomic E-state index is 0.0778. The summed E-state index contributed by atoms with van der Waals surface area (Å²) in [6.07, 6.45) is -2.29. The largest absolute Gasteiger partial charge is 0.494 e. The molecule has 0 saturated carbocycles. The van der Waals surface area contributed by atoms with Crippen LogP contribution in [-0.4, -0.2) is 47.7 Å². The Morgan fingerprint density at radius 1 is 1.29 bits per heavy atom. The molecule has 0 spiro atoms. The second-order valence-electron chi connectivity index (χ2n) is 7.92. The number of nitrogens with zero attached hydrogens (tertiary/aromatic N) is 4. The fourth-order valence-corrected chi connectivity index (χ4v) is 3.44. The minimum atomic E-state index is -3.67. The molecule has 0 atom stereocenters. The van der Waals surface area contributed by atoms with E-state index in [4.69, 9.17) is 48.5 Å². The first-order chi connectivity index (χ1) is 28.2. The SMILES string of the molecule is [2H]/C(C(=O)Cc1c(OC([2H])([2H])C([2H])([2H])[2H])c([2H])c2nc([2H])c(C#N)c(Nc3c([2H])c([2H])c(OCc4nc(C)c([2H])c([2H])c4[2H])c(Cl)c3[2H])c2c1[2H])=C(/[2H])C([2H])([2H])N(C)C([2H])([2H])[2H]. The first kappa shape index (κ1) is 12.6. The van der Waals surface area contributed by atoms with Crippen molar-refractivity contribution in [1.82, 2.24) is 14.9 Å². The van der Waals surface area contributed by atoms with Crippen molar-refractivity contribution in [3.63, 3.8) is 0 Å². The van der Waals surface area contributed by atoms with Crippen molar-refractivity contribution >= 4 is 39.7 Å². The van der Waals surface area contributed by atoms with Crippen LogP contribution in [0.2, 0.25) is 5.02 Å². The van der Waals surface area contributed by atoms with Gasteiger partial charge in [-0.25, -0.2) is 0 Å². The van der Waals surface area contributed by atoms with Crippen LogP contribution >= 0.6 is 11.6 Å². The third kappa shape index (κ3) is 7.82. The lowest BCUT2D eigenvalue weighted by Gasteiger charge is -2.16. The number of ether oxygens (including phenoxy) is 2. The Labute approximate surface area is 274 Å². The summed E-state index contributed by atoms with van der Waals surface area (Å²) in [6.45, 7) is -12.9. The molecule has 4 rings (SSSR count). The van der Waals surface area contributed by atoms with Gasteiger partial charge in [0.2, 0.25) is 0 Å². The van der Waals surface area contributed by atoms with Crippen LogP contribution in [0.25, 0.3) is 10.9 Å². The lowest BCUT2D eigenvalue weighted by Crippen LogP contribution is -2.11. The van der Waals surface area contributed by atoms with Crippen molar-refractivity contribution < 1.29 is 43.1 Å². The Balaban J connectivity index is 2.01. The number of carbonyl (C=O) groups is 1. The van der Waals surface area contributed by atoms with E-state index in [1.54, 1.807) is 6.07 Å². The Bertz CT molecular complexity index is 2560. The van der Waals surface area contributed by atoms with E-state index in [1.165, 1.54) is 6.92 Å². The number of hydrogen-bond acceptors (Lipinski definition) is 8. The van der Waals surface area contributed by atoms with Crippen molar-refractivity contribution in [3.05, 3.63) is 94.2 Å². The molecule has 2 aromatic heterocycles. The van der Waals surface area contributed by atoms with Gasteiger partial charge in [0.15, 0.2) is 5.78 Å². The van der Waals surface area contributed by atoms with Gasteiger partial charge in [0, 0.05) is 58.4 Å². The van der Waals surface area contributed by atoms with Crippen LogP contribution < -0.4 is 14.8 Å². The molecule has 8 nitrogen and oxygen atoms in total. The van der Waals surface area contributed by atoms with Gasteiger partial charge < -0.3 is 19.7 Å². The summed E-state index contributed by atoms with van der Waals surface area (Å²) in [4.78, 5) is 21.6. The summed E-state index contributed by atoms with van der Waals surface area (Å²) in [6, 6.07) is -7.10. The number of nitrogens with one attached hydrogen (secondary N) is 1. The molecule has 0 unspecified atom stereocenters. The van der Waals surface area contributed by atoms with Gasteiger partial charge in [0.05, 0.1) is 51.9 Å². The van der Waals surface area contributed by atoms with Gasteiger partial charge in [-0.05, 0) is 70.1 Å². The highest BCUT2D eigenvalue weighted by Gasteiger charge is 2.16. The van der Waals surface area contributed by atoms with Crippen LogP contribution in [0.5, 0.6) is 11.5 Å². The Morgan fingerprint density at radius 3 is 2.98 bits per heavy atom. The van der Waals surface area contributed by atoms with E-state index in [-0.39, 0.29) is 22.3 Å². The van der Waals surface area contributed by atoms with Crippen molar-refractivity contribution in [2.45, 2.75) is 26.8 Å². The highest BCUT2D eigenvalue weighted by atomic mass is 35.5. The van der Waals surface area contributed by atoms with Gasteiger partial charge in [0.1, 0.15) is 24.2 Å². The predicted octanol–water partition coefficient (Wildman–Crippen LogP) is 6.41. The van der Waals surface area contributed by atoms with Gasteiger partial charge in [-0.1, -0.05) is 23.7 Å². The zero-order chi connectivity index (χ0) is 47.5. The maximum absolute atomic E-state index is 13.6. The van der Waals surface area contributed by atoms with Crippen LogP contribution in [0.1, 0.15) is 58.2 Å². The van der Waals surface area contributed by atoms with Crippen LogP contribution in [0.4, 0.5) is 11.4 Å². The number of benzene rings is 2. The topological polar surface area (TPSA) is 100 Å². The number of fused-ring (bicyclic) bond motifs is 1. The number of allylic oxidation sites excluding steroid dienone is 1. The quantitative estimate of drug-likeness (QED) is 0.189. The molecule has 0 radical (unpaired) electrons. The Morgan fingerprint density at radius 2 is 2.17 bits per heavy atom. The second-order valence-corrected chi connectivity index (χ2v) is 8.30. The normalized spacial score (nSPS) is 20.3. The van der Waals surface area contributed by atoms with Crippen LogP contribution in [0.3, 0.4) is 0 Å². The van der Waals surface area contributed by atoms with Gasteiger partial charge in [0.25, 0.3) is 0 Å². The van der Waals surface area contributed by atoms with Gasteiger partial charge in [-0.3, -0.25) is 14.8 Å². The second kappa shape index (κ2) is 13.8. The molecule has 9 heteroatoms. The molecular formula is C32H32ClN5O3. The zero-order valence-electron chi connectivity index (χ0n) is 42.3. The molecule has 2 aromatic carbocycles. The number of aryl methyl sites for hydroxylation is 1. The number of anilines is 2. The Kier molecular flexibility index (Phi) is 4.23. The summed E-state index contributed by atoms with van der Waals surface area (Å²) in [5, 5.41) is 11.4. The molecule has 0 amide bonds. The minimum Gasteiger partial charge on any atom is -0.494 e. The number of carbonyl (C=O) groups excluding carboxylic acids is 1. The monoisotopic (exact) mass is 590 g/mol. The van der Waals surface area contributed by atoms with E-state index >= 15 is 0 Å². The fourth-order valence-electron chi connectivity index (χ4n) is 3.24. The van der Waals surface area contributed by atoms with Gasteiger partial charge in [-0.15, -0.1) is 0 Å². The Hall–Kier alpha value is -4.45. The summed E-state index contributed by atoms with van der Waals surface area (Å²) in [5.74, 6) is -3.28. The molecule has 0 saturated heterocycles. The predicted molar refractivity (Wildman–Crippen MR) is 162 cm³/mol. The number of nitriles is 1. The first-order valence-electron chi connectivity index (χ1n) is 21.9. The number of ketones is 1. The lowest BCUT2D eigenvalue weighted by molar-refractivity contribution is -0.114. The van der Waals surface area contributed by atoms with E-state index in [0.717, 1.165) is 7.05 Å². The zero-order valence-corrected chi connectivity index (χ0v) is 22.1. The molecule has 2 heterocycles. The van der Waals surface area contributed by atoms with E-state index in [1.807, 2.05) is 0 Å². The third-order valence-electron chi connectivity index (χ3n) is 4.92.